The molecule has 4 atom stereocenters. The molecule has 1 aliphatic heterocycles. The zero-order chi connectivity index (χ0) is 25.3. The van der Waals surface area contributed by atoms with Crippen molar-refractivity contribution in [3.8, 4) is 46.0 Å². The Labute approximate surface area is 205 Å². The molecular formula is C28H22O8. The highest BCUT2D eigenvalue weighted by atomic mass is 16.5. The van der Waals surface area contributed by atoms with E-state index in [0.29, 0.717) is 33.6 Å². The molecule has 0 aromatic heterocycles. The van der Waals surface area contributed by atoms with Gasteiger partial charge in [-0.05, 0) is 53.1 Å². The van der Waals surface area contributed by atoms with E-state index < -0.39 is 23.9 Å². The van der Waals surface area contributed by atoms with Crippen molar-refractivity contribution in [2.75, 3.05) is 0 Å². The van der Waals surface area contributed by atoms with Crippen molar-refractivity contribution >= 4 is 0 Å². The van der Waals surface area contributed by atoms with E-state index in [2.05, 4.69) is 0 Å². The molecule has 1 aliphatic carbocycles. The topological polar surface area (TPSA) is 151 Å². The Balaban J connectivity index is 1.67. The molecule has 0 bridgehead atoms. The van der Waals surface area contributed by atoms with E-state index in [1.54, 1.807) is 6.07 Å². The van der Waals surface area contributed by atoms with Crippen molar-refractivity contribution < 1.29 is 40.5 Å². The minimum atomic E-state index is -0.833. The van der Waals surface area contributed by atoms with Gasteiger partial charge in [-0.3, -0.25) is 0 Å². The third kappa shape index (κ3) is 3.22. The lowest BCUT2D eigenvalue weighted by Gasteiger charge is -2.39. The number of fused-ring (bicyclic) bond motifs is 5. The van der Waals surface area contributed by atoms with Gasteiger partial charge in [0.15, 0.2) is 0 Å². The minimum absolute atomic E-state index is 0.0246. The van der Waals surface area contributed by atoms with E-state index in [0.717, 1.165) is 0 Å². The number of hydrogen-bond acceptors (Lipinski definition) is 8. The van der Waals surface area contributed by atoms with E-state index in [4.69, 9.17) is 4.74 Å². The largest absolute Gasteiger partial charge is 0.508 e. The molecule has 0 saturated heterocycles. The van der Waals surface area contributed by atoms with Crippen LogP contribution in [0.2, 0.25) is 0 Å². The van der Waals surface area contributed by atoms with Crippen LogP contribution >= 0.6 is 0 Å². The van der Waals surface area contributed by atoms with Crippen molar-refractivity contribution in [2.24, 2.45) is 0 Å². The maximum absolute atomic E-state index is 11.0. The summed E-state index contributed by atoms with van der Waals surface area (Å²) in [5.41, 5.74) is 2.65. The fourth-order valence-electron chi connectivity index (χ4n) is 5.88. The second-order valence-electron chi connectivity index (χ2n) is 9.28. The molecule has 7 N–H and O–H groups in total. The van der Waals surface area contributed by atoms with Gasteiger partial charge in [-0.25, -0.2) is 0 Å². The highest BCUT2D eigenvalue weighted by molar-refractivity contribution is 5.64. The van der Waals surface area contributed by atoms with Crippen LogP contribution < -0.4 is 4.74 Å². The van der Waals surface area contributed by atoms with Crippen LogP contribution in [-0.4, -0.2) is 35.7 Å². The number of benzene rings is 4. The molecule has 0 fully saturated rings. The third-order valence-corrected chi connectivity index (χ3v) is 7.13. The van der Waals surface area contributed by atoms with Gasteiger partial charge in [0.2, 0.25) is 0 Å². The summed E-state index contributed by atoms with van der Waals surface area (Å²) in [6.07, 6.45) is -0.833. The molecule has 8 nitrogen and oxygen atoms in total. The fourth-order valence-corrected chi connectivity index (χ4v) is 5.88. The molecule has 1 heterocycles. The number of phenols is 7. The Kier molecular flexibility index (Phi) is 4.63. The Morgan fingerprint density at radius 3 is 1.81 bits per heavy atom. The molecule has 8 heteroatoms. The first-order valence-electron chi connectivity index (χ1n) is 11.3. The highest BCUT2D eigenvalue weighted by Crippen LogP contribution is 2.66. The summed E-state index contributed by atoms with van der Waals surface area (Å²) in [6, 6.07) is 15.9. The van der Waals surface area contributed by atoms with Crippen molar-refractivity contribution in [3.05, 3.63) is 94.5 Å². The van der Waals surface area contributed by atoms with E-state index in [-0.39, 0.29) is 40.2 Å². The lowest BCUT2D eigenvalue weighted by Crippen LogP contribution is -2.27. The SMILES string of the molecule is Oc1cc(O)cc(C2c3c(O)cc(O)cc3C3C(c4ccc(O)cc4O)Oc4cc(O)ccc4C23)c1. The van der Waals surface area contributed by atoms with Gasteiger partial charge in [0.05, 0.1) is 0 Å². The average molecular weight is 486 g/mol. The molecule has 36 heavy (non-hydrogen) atoms. The average Bonchev–Trinajstić information content (AvgIpc) is 3.13. The summed E-state index contributed by atoms with van der Waals surface area (Å²) in [7, 11) is 0. The monoisotopic (exact) mass is 486 g/mol. The van der Waals surface area contributed by atoms with Crippen LogP contribution in [0.15, 0.2) is 66.7 Å². The number of hydrogen-bond donors (Lipinski definition) is 7. The first-order valence-corrected chi connectivity index (χ1v) is 11.3. The van der Waals surface area contributed by atoms with Crippen LogP contribution in [0.1, 0.15) is 51.7 Å². The fraction of sp³-hybridized carbons (Fsp3) is 0.143. The second kappa shape index (κ2) is 7.64. The van der Waals surface area contributed by atoms with E-state index in [1.807, 2.05) is 0 Å². The molecule has 2 aliphatic rings. The van der Waals surface area contributed by atoms with E-state index in [9.17, 15) is 35.7 Å². The first-order chi connectivity index (χ1) is 17.2. The van der Waals surface area contributed by atoms with Gasteiger partial charge in [-0.2, -0.15) is 0 Å². The minimum Gasteiger partial charge on any atom is -0.508 e. The molecule has 6 rings (SSSR count). The van der Waals surface area contributed by atoms with Gasteiger partial charge < -0.3 is 40.5 Å². The highest BCUT2D eigenvalue weighted by Gasteiger charge is 2.52. The molecule has 0 spiro atoms. The van der Waals surface area contributed by atoms with Gasteiger partial charge in [-0.15, -0.1) is 0 Å². The summed E-state index contributed by atoms with van der Waals surface area (Å²) in [6.45, 7) is 0. The molecule has 0 amide bonds. The summed E-state index contributed by atoms with van der Waals surface area (Å²) < 4.78 is 6.34. The van der Waals surface area contributed by atoms with Gasteiger partial charge in [0, 0.05) is 53.1 Å². The van der Waals surface area contributed by atoms with Crippen molar-refractivity contribution in [1.82, 2.24) is 0 Å². The lowest BCUT2D eigenvalue weighted by atomic mass is 9.73. The van der Waals surface area contributed by atoms with Crippen LogP contribution in [0.25, 0.3) is 0 Å². The van der Waals surface area contributed by atoms with Crippen molar-refractivity contribution in [3.63, 3.8) is 0 Å². The Hall–Kier alpha value is -4.72. The molecule has 4 aromatic rings. The Morgan fingerprint density at radius 2 is 1.11 bits per heavy atom. The van der Waals surface area contributed by atoms with Crippen LogP contribution in [0.4, 0.5) is 0 Å². The van der Waals surface area contributed by atoms with Crippen LogP contribution in [0.3, 0.4) is 0 Å². The first kappa shape index (κ1) is 21.8. The van der Waals surface area contributed by atoms with Crippen molar-refractivity contribution in [1.29, 1.82) is 0 Å². The number of phenolic OH excluding ortho intramolecular Hbond substituents is 7. The van der Waals surface area contributed by atoms with Gasteiger partial charge in [0.1, 0.15) is 52.1 Å². The maximum atomic E-state index is 11.0. The van der Waals surface area contributed by atoms with Crippen molar-refractivity contribution in [2.45, 2.75) is 23.9 Å². The summed E-state index contributed by atoms with van der Waals surface area (Å²) in [5, 5.41) is 72.7. The van der Waals surface area contributed by atoms with Gasteiger partial charge in [0.25, 0.3) is 0 Å². The number of aromatic hydroxyl groups is 7. The second-order valence-corrected chi connectivity index (χ2v) is 9.28. The lowest BCUT2D eigenvalue weighted by molar-refractivity contribution is 0.132. The Morgan fingerprint density at radius 1 is 0.500 bits per heavy atom. The predicted molar refractivity (Wildman–Crippen MR) is 128 cm³/mol. The standard InChI is InChI=1S/C28H22O8/c29-13-1-3-18(21(34)9-13)28-27-20-8-17(33)10-22(35)25(20)24(12-5-15(31)7-16(32)6-12)26(27)19-4-2-14(30)11-23(19)36-28/h1-11,24,26-35H. The zero-order valence-electron chi connectivity index (χ0n) is 18.7. The van der Waals surface area contributed by atoms with Crippen LogP contribution in [-0.2, 0) is 0 Å². The number of rotatable bonds is 2. The van der Waals surface area contributed by atoms with Crippen LogP contribution in [0.5, 0.6) is 46.0 Å². The quantitative estimate of drug-likeness (QED) is 0.214. The summed E-state index contributed by atoms with van der Waals surface area (Å²) >= 11 is 0. The maximum Gasteiger partial charge on any atom is 0.135 e. The molecule has 4 aromatic carbocycles. The molecule has 4 unspecified atom stereocenters. The van der Waals surface area contributed by atoms with E-state index in [1.165, 1.54) is 60.7 Å². The normalized spacial score (nSPS) is 21.8. The number of ether oxygens (including phenoxy) is 1. The third-order valence-electron chi connectivity index (χ3n) is 7.13. The zero-order valence-corrected chi connectivity index (χ0v) is 18.7. The smallest absolute Gasteiger partial charge is 0.135 e. The van der Waals surface area contributed by atoms with Gasteiger partial charge in [-0.1, -0.05) is 6.07 Å². The van der Waals surface area contributed by atoms with Crippen LogP contribution in [0, 0.1) is 0 Å². The molecule has 182 valence electrons. The molecule has 0 saturated carbocycles. The van der Waals surface area contributed by atoms with Gasteiger partial charge >= 0.3 is 0 Å². The summed E-state index contributed by atoms with van der Waals surface area (Å²) in [5.74, 6) is -2.20. The molecular weight excluding hydrogens is 464 g/mol. The van der Waals surface area contributed by atoms with E-state index >= 15 is 0 Å². The predicted octanol–water partition coefficient (Wildman–Crippen LogP) is 4.77. The summed E-state index contributed by atoms with van der Waals surface area (Å²) in [4.78, 5) is 0. The molecule has 0 radical (unpaired) electrons. The Bertz CT molecular complexity index is 1510.